The molecule has 38 heavy (non-hydrogen) atoms. The Hall–Kier alpha value is -3.57. The summed E-state index contributed by atoms with van der Waals surface area (Å²) >= 11 is 6.04. The highest BCUT2D eigenvalue weighted by Crippen LogP contribution is 2.24. The SMILES string of the molecule is CN(C)CCn1c(=O)c2c(nc(CCc3cccc(OC(F)(F)F)c3)n2Cc2ccc(Cl)cc2)n(C)c1=O. The van der Waals surface area contributed by atoms with Crippen LogP contribution < -0.4 is 16.0 Å². The predicted molar refractivity (Wildman–Crippen MR) is 139 cm³/mol. The highest BCUT2D eigenvalue weighted by atomic mass is 35.5. The molecule has 0 N–H and O–H groups in total. The minimum absolute atomic E-state index is 0.210. The van der Waals surface area contributed by atoms with Gasteiger partial charge in [-0.25, -0.2) is 9.78 Å². The summed E-state index contributed by atoms with van der Waals surface area (Å²) in [4.78, 5) is 33.1. The summed E-state index contributed by atoms with van der Waals surface area (Å²) in [6, 6.07) is 12.9. The van der Waals surface area contributed by atoms with Gasteiger partial charge in [-0.1, -0.05) is 35.9 Å². The van der Waals surface area contributed by atoms with Gasteiger partial charge in [0.05, 0.1) is 0 Å². The van der Waals surface area contributed by atoms with Crippen molar-refractivity contribution in [3.63, 3.8) is 0 Å². The molecule has 202 valence electrons. The summed E-state index contributed by atoms with van der Waals surface area (Å²) < 4.78 is 46.3. The van der Waals surface area contributed by atoms with Crippen LogP contribution in [0.2, 0.25) is 5.02 Å². The zero-order chi connectivity index (χ0) is 27.6. The smallest absolute Gasteiger partial charge is 0.406 e. The molecule has 0 saturated heterocycles. The lowest BCUT2D eigenvalue weighted by Gasteiger charge is -2.13. The molecule has 0 aliphatic carbocycles. The minimum Gasteiger partial charge on any atom is -0.406 e. The molecule has 0 radical (unpaired) electrons. The fraction of sp³-hybridized carbons (Fsp3) is 0.346. The van der Waals surface area contributed by atoms with Gasteiger partial charge in [-0.3, -0.25) is 13.9 Å². The van der Waals surface area contributed by atoms with Gasteiger partial charge < -0.3 is 14.2 Å². The van der Waals surface area contributed by atoms with Crippen molar-refractivity contribution in [3.05, 3.63) is 91.3 Å². The van der Waals surface area contributed by atoms with Crippen molar-refractivity contribution < 1.29 is 17.9 Å². The molecule has 0 atom stereocenters. The van der Waals surface area contributed by atoms with Gasteiger partial charge in [0, 0.05) is 38.1 Å². The molecular weight excluding hydrogens is 523 g/mol. The minimum atomic E-state index is -4.79. The third-order valence-electron chi connectivity index (χ3n) is 6.11. The summed E-state index contributed by atoms with van der Waals surface area (Å²) in [5.41, 5.74) is 1.09. The van der Waals surface area contributed by atoms with Crippen LogP contribution in [0.1, 0.15) is 17.0 Å². The van der Waals surface area contributed by atoms with Gasteiger partial charge in [-0.05, 0) is 55.9 Å². The number of likely N-dealkylation sites (N-methyl/N-ethyl adjacent to an activating group) is 1. The van der Waals surface area contributed by atoms with Crippen LogP contribution in [-0.4, -0.2) is 50.6 Å². The Labute approximate surface area is 221 Å². The second-order valence-corrected chi connectivity index (χ2v) is 9.65. The Morgan fingerprint density at radius 1 is 1.00 bits per heavy atom. The molecule has 2 heterocycles. The largest absolute Gasteiger partial charge is 0.573 e. The first-order valence-electron chi connectivity index (χ1n) is 11.9. The second kappa shape index (κ2) is 11.0. The molecule has 4 rings (SSSR count). The third-order valence-corrected chi connectivity index (χ3v) is 6.36. The highest BCUT2D eigenvalue weighted by Gasteiger charge is 2.31. The molecule has 0 spiro atoms. The number of imidazole rings is 1. The van der Waals surface area contributed by atoms with E-state index in [1.807, 2.05) is 31.1 Å². The number of hydrogen-bond donors (Lipinski definition) is 0. The van der Waals surface area contributed by atoms with Gasteiger partial charge in [-0.2, -0.15) is 0 Å². The Morgan fingerprint density at radius 3 is 2.37 bits per heavy atom. The Morgan fingerprint density at radius 2 is 1.71 bits per heavy atom. The van der Waals surface area contributed by atoms with Crippen LogP contribution in [0, 0.1) is 0 Å². The molecule has 0 bridgehead atoms. The van der Waals surface area contributed by atoms with Crippen molar-refractivity contribution >= 4 is 22.8 Å². The second-order valence-electron chi connectivity index (χ2n) is 9.21. The molecule has 4 aromatic rings. The van der Waals surface area contributed by atoms with Crippen molar-refractivity contribution in [1.29, 1.82) is 0 Å². The standard InChI is InChI=1S/C26H27ClF3N5O3/c1-32(2)13-14-34-24(36)22-23(33(3)25(34)37)31-21(35(22)16-18-7-10-19(27)11-8-18)12-9-17-5-4-6-20(15-17)38-26(28,29)30/h4-8,10-11,15H,9,12-14,16H2,1-3H3. The molecule has 2 aromatic heterocycles. The summed E-state index contributed by atoms with van der Waals surface area (Å²) in [5, 5.41) is 0.568. The first kappa shape index (κ1) is 27.5. The van der Waals surface area contributed by atoms with Crippen molar-refractivity contribution in [2.45, 2.75) is 32.3 Å². The summed E-state index contributed by atoms with van der Waals surface area (Å²) in [6.45, 7) is 0.998. The fourth-order valence-electron chi connectivity index (χ4n) is 4.20. The van der Waals surface area contributed by atoms with E-state index in [0.717, 1.165) is 5.56 Å². The Kier molecular flexibility index (Phi) is 7.98. The van der Waals surface area contributed by atoms with Crippen LogP contribution >= 0.6 is 11.6 Å². The van der Waals surface area contributed by atoms with Crippen molar-refractivity contribution in [2.24, 2.45) is 7.05 Å². The number of hydrogen-bond acceptors (Lipinski definition) is 5. The van der Waals surface area contributed by atoms with E-state index in [2.05, 4.69) is 9.72 Å². The van der Waals surface area contributed by atoms with Gasteiger partial charge in [0.1, 0.15) is 11.6 Å². The van der Waals surface area contributed by atoms with Gasteiger partial charge in [0.25, 0.3) is 5.56 Å². The lowest BCUT2D eigenvalue weighted by atomic mass is 10.1. The highest BCUT2D eigenvalue weighted by molar-refractivity contribution is 6.30. The van der Waals surface area contributed by atoms with E-state index in [9.17, 15) is 22.8 Å². The zero-order valence-corrected chi connectivity index (χ0v) is 21.9. The topological polar surface area (TPSA) is 74.3 Å². The number of rotatable bonds is 9. The quantitative estimate of drug-likeness (QED) is 0.317. The molecule has 12 heteroatoms. The van der Waals surface area contributed by atoms with Crippen molar-refractivity contribution in [3.8, 4) is 5.75 Å². The lowest BCUT2D eigenvalue weighted by molar-refractivity contribution is -0.274. The van der Waals surface area contributed by atoms with Crippen LogP contribution in [0.4, 0.5) is 13.2 Å². The lowest BCUT2D eigenvalue weighted by Crippen LogP contribution is -2.41. The maximum atomic E-state index is 13.6. The normalized spacial score (nSPS) is 12.0. The summed E-state index contributed by atoms with van der Waals surface area (Å²) in [6.07, 6.45) is -4.15. The van der Waals surface area contributed by atoms with E-state index >= 15 is 0 Å². The summed E-state index contributed by atoms with van der Waals surface area (Å²) in [7, 11) is 5.27. The number of nitrogens with zero attached hydrogens (tertiary/aromatic N) is 5. The molecule has 0 amide bonds. The first-order chi connectivity index (χ1) is 17.9. The molecule has 0 aliphatic rings. The molecule has 0 unspecified atom stereocenters. The molecule has 8 nitrogen and oxygen atoms in total. The van der Waals surface area contributed by atoms with Gasteiger partial charge in [-0.15, -0.1) is 13.2 Å². The van der Waals surface area contributed by atoms with Gasteiger partial charge in [0.2, 0.25) is 0 Å². The van der Waals surface area contributed by atoms with Crippen LogP contribution in [0.3, 0.4) is 0 Å². The monoisotopic (exact) mass is 549 g/mol. The average Bonchev–Trinajstić information content (AvgIpc) is 3.20. The number of ether oxygens (including phenoxy) is 1. The van der Waals surface area contributed by atoms with E-state index in [1.54, 1.807) is 29.8 Å². The number of aryl methyl sites for hydroxylation is 3. The maximum Gasteiger partial charge on any atom is 0.573 e. The number of alkyl halides is 3. The Bertz CT molecular complexity index is 1560. The average molecular weight is 550 g/mol. The molecular formula is C26H27ClF3N5O3. The van der Waals surface area contributed by atoms with Crippen LogP contribution in [-0.2, 0) is 33.0 Å². The van der Waals surface area contributed by atoms with Crippen molar-refractivity contribution in [1.82, 2.24) is 23.6 Å². The molecule has 0 fully saturated rings. The first-order valence-corrected chi connectivity index (χ1v) is 12.2. The van der Waals surface area contributed by atoms with E-state index in [4.69, 9.17) is 11.6 Å². The number of benzene rings is 2. The summed E-state index contributed by atoms with van der Waals surface area (Å²) in [5.74, 6) is 0.213. The van der Waals surface area contributed by atoms with E-state index in [0.29, 0.717) is 42.3 Å². The van der Waals surface area contributed by atoms with E-state index < -0.39 is 17.6 Å². The molecule has 2 aromatic carbocycles. The predicted octanol–water partition coefficient (Wildman–Crippen LogP) is 3.84. The zero-order valence-electron chi connectivity index (χ0n) is 21.1. The van der Waals surface area contributed by atoms with Crippen LogP contribution in [0.25, 0.3) is 11.2 Å². The number of aromatic nitrogens is 4. The van der Waals surface area contributed by atoms with E-state index in [-0.39, 0.29) is 23.5 Å². The van der Waals surface area contributed by atoms with Crippen LogP contribution in [0.15, 0.2) is 58.1 Å². The number of halogens is 4. The van der Waals surface area contributed by atoms with Crippen molar-refractivity contribution in [2.75, 3.05) is 20.6 Å². The molecule has 0 saturated carbocycles. The van der Waals surface area contributed by atoms with Gasteiger partial charge in [0.15, 0.2) is 11.2 Å². The maximum absolute atomic E-state index is 13.6. The fourth-order valence-corrected chi connectivity index (χ4v) is 4.33. The Balaban J connectivity index is 1.77. The van der Waals surface area contributed by atoms with Crippen LogP contribution in [0.5, 0.6) is 5.75 Å². The molecule has 0 aliphatic heterocycles. The number of fused-ring (bicyclic) bond motifs is 1. The van der Waals surface area contributed by atoms with Gasteiger partial charge >= 0.3 is 12.1 Å². The van der Waals surface area contributed by atoms with E-state index in [1.165, 1.54) is 27.3 Å². The third kappa shape index (κ3) is 6.28.